The van der Waals surface area contributed by atoms with Crippen molar-refractivity contribution in [2.45, 2.75) is 26.7 Å². The number of carbonyl (C=O) groups is 1. The fourth-order valence-electron chi connectivity index (χ4n) is 4.82. The average Bonchev–Trinajstić information content (AvgIpc) is 2.82. The molecule has 2 heterocycles. The number of amides is 1. The Bertz CT molecular complexity index is 1160. The molecule has 2 atom stereocenters. The van der Waals surface area contributed by atoms with Crippen LogP contribution in [-0.2, 0) is 0 Å². The molecule has 7 nitrogen and oxygen atoms in total. The van der Waals surface area contributed by atoms with Crippen molar-refractivity contribution in [3.63, 3.8) is 0 Å². The molecule has 1 saturated heterocycles. The van der Waals surface area contributed by atoms with Gasteiger partial charge in [-0.1, -0.05) is 32.0 Å². The summed E-state index contributed by atoms with van der Waals surface area (Å²) in [6, 6.07) is 14.2. The van der Waals surface area contributed by atoms with Crippen molar-refractivity contribution >= 4 is 16.7 Å². The van der Waals surface area contributed by atoms with Crippen molar-refractivity contribution in [3.05, 3.63) is 64.6 Å². The fourth-order valence-corrected chi connectivity index (χ4v) is 4.82. The largest absolute Gasteiger partial charge is 0.497 e. The number of carbonyl (C=O) groups excluding carboxylic acids is 1. The van der Waals surface area contributed by atoms with Crippen LogP contribution in [0.25, 0.3) is 16.5 Å². The molecule has 1 aliphatic heterocycles. The van der Waals surface area contributed by atoms with Gasteiger partial charge in [0.05, 0.1) is 18.2 Å². The van der Waals surface area contributed by atoms with E-state index in [4.69, 9.17) is 4.74 Å². The van der Waals surface area contributed by atoms with Gasteiger partial charge in [0.2, 0.25) is 0 Å². The van der Waals surface area contributed by atoms with E-state index in [9.17, 15) is 9.59 Å². The summed E-state index contributed by atoms with van der Waals surface area (Å²) in [5, 5.41) is 8.48. The van der Waals surface area contributed by atoms with Gasteiger partial charge < -0.3 is 15.0 Å². The zero-order chi connectivity index (χ0) is 23.4. The molecule has 33 heavy (non-hydrogen) atoms. The molecule has 0 aliphatic carbocycles. The van der Waals surface area contributed by atoms with Gasteiger partial charge in [-0.3, -0.25) is 9.59 Å². The number of rotatable bonds is 7. The van der Waals surface area contributed by atoms with Crippen LogP contribution in [-0.4, -0.2) is 53.9 Å². The normalized spacial score (nSPS) is 18.9. The molecule has 2 aromatic carbocycles. The zero-order valence-corrected chi connectivity index (χ0v) is 19.6. The minimum absolute atomic E-state index is 0.251. The Labute approximate surface area is 194 Å². The van der Waals surface area contributed by atoms with E-state index in [1.807, 2.05) is 6.07 Å². The molecule has 2 unspecified atom stereocenters. The number of methoxy groups -OCH3 is 1. The van der Waals surface area contributed by atoms with Gasteiger partial charge >= 0.3 is 0 Å². The molecule has 1 fully saturated rings. The van der Waals surface area contributed by atoms with E-state index in [1.165, 1.54) is 11.1 Å². The molecule has 174 valence electrons. The summed E-state index contributed by atoms with van der Waals surface area (Å²) in [7, 11) is 1.59. The van der Waals surface area contributed by atoms with Gasteiger partial charge in [0.1, 0.15) is 5.75 Å². The van der Waals surface area contributed by atoms with Gasteiger partial charge in [-0.25, -0.2) is 0 Å². The van der Waals surface area contributed by atoms with Crippen LogP contribution in [0.1, 0.15) is 37.2 Å². The third-order valence-electron chi connectivity index (χ3n) is 6.22. The fraction of sp³-hybridized carbons (Fsp3) is 0.423. The predicted molar refractivity (Wildman–Crippen MR) is 130 cm³/mol. The molecular weight excluding hydrogens is 416 g/mol. The van der Waals surface area contributed by atoms with Gasteiger partial charge in [0.15, 0.2) is 5.69 Å². The highest BCUT2D eigenvalue weighted by molar-refractivity contribution is 6.04. The molecule has 0 bridgehead atoms. The quantitative estimate of drug-likeness (QED) is 0.560. The Morgan fingerprint density at radius 3 is 2.39 bits per heavy atom. The first kappa shape index (κ1) is 23.0. The predicted octanol–water partition coefficient (Wildman–Crippen LogP) is 3.49. The number of hydrogen-bond acceptors (Lipinski definition) is 5. The second kappa shape index (κ2) is 10.2. The van der Waals surface area contributed by atoms with Crippen molar-refractivity contribution in [1.29, 1.82) is 0 Å². The standard InChI is InChI=1S/C26H32N4O3/c1-18-15-19(2)17-29(16-18)14-6-13-27-25(31)24-22-7-4-5-8-23(22)26(32)30(28-24)20-9-11-21(33-3)12-10-20/h4-5,7-12,18-19H,6,13-17H2,1-3H3,(H,27,31). The first-order valence-corrected chi connectivity index (χ1v) is 11.6. The number of piperidine rings is 1. The summed E-state index contributed by atoms with van der Waals surface area (Å²) in [5.74, 6) is 1.85. The molecule has 1 aliphatic rings. The monoisotopic (exact) mass is 448 g/mol. The van der Waals surface area contributed by atoms with Crippen molar-refractivity contribution in [3.8, 4) is 11.4 Å². The maximum absolute atomic E-state index is 13.1. The number of nitrogens with zero attached hydrogens (tertiary/aromatic N) is 3. The van der Waals surface area contributed by atoms with Gasteiger partial charge in [-0.15, -0.1) is 0 Å². The van der Waals surface area contributed by atoms with Crippen LogP contribution in [0.3, 0.4) is 0 Å². The van der Waals surface area contributed by atoms with Crippen LogP contribution in [0, 0.1) is 11.8 Å². The molecule has 3 aromatic rings. The van der Waals surface area contributed by atoms with Crippen molar-refractivity contribution in [2.24, 2.45) is 11.8 Å². The van der Waals surface area contributed by atoms with Crippen LogP contribution >= 0.6 is 0 Å². The van der Waals surface area contributed by atoms with E-state index in [1.54, 1.807) is 49.6 Å². The highest BCUT2D eigenvalue weighted by atomic mass is 16.5. The SMILES string of the molecule is COc1ccc(-n2nc(C(=O)NCCCN3CC(C)CC(C)C3)c3ccccc3c2=O)cc1. The van der Waals surface area contributed by atoms with Crippen molar-refractivity contribution in [1.82, 2.24) is 20.0 Å². The third-order valence-corrected chi connectivity index (χ3v) is 6.22. The lowest BCUT2D eigenvalue weighted by Gasteiger charge is -2.34. The topological polar surface area (TPSA) is 76.5 Å². The number of nitrogens with one attached hydrogen (secondary N) is 1. The molecule has 0 saturated carbocycles. The third kappa shape index (κ3) is 5.25. The number of aromatic nitrogens is 2. The lowest BCUT2D eigenvalue weighted by molar-refractivity contribution is 0.0942. The Morgan fingerprint density at radius 2 is 1.73 bits per heavy atom. The van der Waals surface area contributed by atoms with E-state index in [0.29, 0.717) is 28.8 Å². The molecule has 1 amide bonds. The Kier molecular flexibility index (Phi) is 7.08. The number of fused-ring (bicyclic) bond motifs is 1. The van der Waals surface area contributed by atoms with Gasteiger partial charge in [0.25, 0.3) is 11.5 Å². The van der Waals surface area contributed by atoms with Crippen LogP contribution < -0.4 is 15.6 Å². The van der Waals surface area contributed by atoms with E-state index in [2.05, 4.69) is 29.2 Å². The van der Waals surface area contributed by atoms with E-state index >= 15 is 0 Å². The molecule has 4 rings (SSSR count). The minimum atomic E-state index is -0.270. The highest BCUT2D eigenvalue weighted by Gasteiger charge is 2.21. The van der Waals surface area contributed by atoms with E-state index in [-0.39, 0.29) is 17.2 Å². The lowest BCUT2D eigenvalue weighted by Crippen LogP contribution is -2.40. The van der Waals surface area contributed by atoms with Crippen LogP contribution in [0.15, 0.2) is 53.3 Å². The molecule has 0 radical (unpaired) electrons. The zero-order valence-electron chi connectivity index (χ0n) is 19.6. The number of benzene rings is 2. The number of ether oxygens (including phenoxy) is 1. The second-order valence-electron chi connectivity index (χ2n) is 9.12. The lowest BCUT2D eigenvalue weighted by atomic mass is 9.92. The summed E-state index contributed by atoms with van der Waals surface area (Å²) >= 11 is 0. The maximum atomic E-state index is 13.1. The first-order chi connectivity index (χ1) is 16.0. The summed E-state index contributed by atoms with van der Waals surface area (Å²) in [6.45, 7) is 8.39. The molecule has 1 aromatic heterocycles. The van der Waals surface area contributed by atoms with E-state index in [0.717, 1.165) is 37.9 Å². The van der Waals surface area contributed by atoms with Gasteiger partial charge in [-0.05, 0) is 61.6 Å². The average molecular weight is 449 g/mol. The first-order valence-electron chi connectivity index (χ1n) is 11.6. The molecule has 7 heteroatoms. The van der Waals surface area contributed by atoms with E-state index < -0.39 is 0 Å². The van der Waals surface area contributed by atoms with Crippen LogP contribution in [0.5, 0.6) is 5.75 Å². The smallest absolute Gasteiger partial charge is 0.279 e. The number of likely N-dealkylation sites (tertiary alicyclic amines) is 1. The van der Waals surface area contributed by atoms with Crippen molar-refractivity contribution in [2.75, 3.05) is 33.3 Å². The maximum Gasteiger partial charge on any atom is 0.279 e. The van der Waals surface area contributed by atoms with Gasteiger partial charge in [-0.2, -0.15) is 9.78 Å². The highest BCUT2D eigenvalue weighted by Crippen LogP contribution is 2.21. The summed E-state index contributed by atoms with van der Waals surface area (Å²) in [5.41, 5.74) is 0.566. The second-order valence-corrected chi connectivity index (χ2v) is 9.12. The van der Waals surface area contributed by atoms with Crippen LogP contribution in [0.2, 0.25) is 0 Å². The van der Waals surface area contributed by atoms with Crippen molar-refractivity contribution < 1.29 is 9.53 Å². The Hall–Kier alpha value is -3.19. The summed E-state index contributed by atoms with van der Waals surface area (Å²) in [6.07, 6.45) is 2.16. The molecule has 0 spiro atoms. The molecule has 1 N–H and O–H groups in total. The summed E-state index contributed by atoms with van der Waals surface area (Å²) in [4.78, 5) is 28.7. The summed E-state index contributed by atoms with van der Waals surface area (Å²) < 4.78 is 6.49. The van der Waals surface area contributed by atoms with Crippen LogP contribution in [0.4, 0.5) is 0 Å². The van der Waals surface area contributed by atoms with Gasteiger partial charge in [0, 0.05) is 25.0 Å². The Balaban J connectivity index is 1.52. The molecular formula is C26H32N4O3. The Morgan fingerprint density at radius 1 is 1.06 bits per heavy atom. The number of hydrogen-bond donors (Lipinski definition) is 1. The minimum Gasteiger partial charge on any atom is -0.497 e.